The van der Waals surface area contributed by atoms with Crippen molar-refractivity contribution in [1.29, 1.82) is 0 Å². The number of hydrogen-bond donors (Lipinski definition) is 0. The second-order valence-corrected chi connectivity index (χ2v) is 8.50. The second kappa shape index (κ2) is 8.88. The van der Waals surface area contributed by atoms with Crippen molar-refractivity contribution in [1.82, 2.24) is 18.7 Å². The lowest BCUT2D eigenvalue weighted by molar-refractivity contribution is -0.384. The number of ether oxygens (including phenoxy) is 1. The zero-order chi connectivity index (χ0) is 23.8. The Kier molecular flexibility index (Phi) is 5.76. The summed E-state index contributed by atoms with van der Waals surface area (Å²) in [6.45, 7) is 0.860. The Morgan fingerprint density at radius 3 is 2.74 bits per heavy atom. The minimum Gasteiger partial charge on any atom is -0.376 e. The number of aromatic nitrogens is 4. The Hall–Kier alpha value is -3.76. The number of nitro groups is 1. The van der Waals surface area contributed by atoms with Gasteiger partial charge in [-0.15, -0.1) is 0 Å². The van der Waals surface area contributed by atoms with Crippen LogP contribution >= 0.6 is 11.6 Å². The van der Waals surface area contributed by atoms with Crippen LogP contribution in [-0.2, 0) is 17.8 Å². The van der Waals surface area contributed by atoms with Crippen LogP contribution in [-0.4, -0.2) is 36.3 Å². The Morgan fingerprint density at radius 1 is 1.18 bits per heavy atom. The highest BCUT2D eigenvalue weighted by Gasteiger charge is 2.24. The first-order valence-electron chi connectivity index (χ1n) is 10.7. The molecule has 0 radical (unpaired) electrons. The van der Waals surface area contributed by atoms with Crippen LogP contribution in [0, 0.1) is 10.1 Å². The summed E-state index contributed by atoms with van der Waals surface area (Å²) in [5.74, 6) is 0. The summed E-state index contributed by atoms with van der Waals surface area (Å²) in [4.78, 5) is 42.1. The first-order valence-corrected chi connectivity index (χ1v) is 11.1. The first-order chi connectivity index (χ1) is 16.4. The van der Waals surface area contributed by atoms with Crippen molar-refractivity contribution < 1.29 is 9.66 Å². The average Bonchev–Trinajstić information content (AvgIpc) is 3.48. The maximum atomic E-state index is 13.5. The quantitative estimate of drug-likeness (QED) is 0.309. The summed E-state index contributed by atoms with van der Waals surface area (Å²) in [5, 5.41) is 11.5. The molecule has 3 heterocycles. The molecule has 11 heteroatoms. The Morgan fingerprint density at radius 2 is 2.00 bits per heavy atom. The third kappa shape index (κ3) is 3.91. The van der Waals surface area contributed by atoms with Gasteiger partial charge in [0, 0.05) is 25.3 Å². The van der Waals surface area contributed by atoms with E-state index in [1.807, 2.05) is 0 Å². The zero-order valence-electron chi connectivity index (χ0n) is 18.0. The van der Waals surface area contributed by atoms with Crippen molar-refractivity contribution in [3.63, 3.8) is 0 Å². The monoisotopic (exact) mass is 481 g/mol. The van der Waals surface area contributed by atoms with E-state index in [1.165, 1.54) is 23.0 Å². The summed E-state index contributed by atoms with van der Waals surface area (Å²) >= 11 is 6.41. The molecule has 2 aromatic carbocycles. The van der Waals surface area contributed by atoms with E-state index >= 15 is 0 Å². The number of benzene rings is 2. The van der Waals surface area contributed by atoms with Crippen molar-refractivity contribution >= 4 is 28.5 Å². The second-order valence-electron chi connectivity index (χ2n) is 8.09. The maximum absolute atomic E-state index is 13.5. The van der Waals surface area contributed by atoms with E-state index in [9.17, 15) is 19.7 Å². The molecular weight excluding hydrogens is 462 g/mol. The number of hydrogen-bond acceptors (Lipinski definition) is 6. The Bertz CT molecular complexity index is 1520. The smallest absolute Gasteiger partial charge is 0.337 e. The predicted octanol–water partition coefficient (Wildman–Crippen LogP) is 3.14. The van der Waals surface area contributed by atoms with Crippen LogP contribution in [0.15, 0.2) is 64.4 Å². The lowest BCUT2D eigenvalue weighted by atomic mass is 10.2. The highest BCUT2D eigenvalue weighted by molar-refractivity contribution is 6.32. The van der Waals surface area contributed by atoms with Gasteiger partial charge in [-0.05, 0) is 30.5 Å². The molecule has 0 aliphatic carbocycles. The van der Waals surface area contributed by atoms with Gasteiger partial charge in [-0.25, -0.2) is 14.3 Å². The van der Waals surface area contributed by atoms with Crippen LogP contribution < -0.4 is 11.2 Å². The normalized spacial score (nSPS) is 15.7. The van der Waals surface area contributed by atoms with E-state index in [4.69, 9.17) is 16.3 Å². The van der Waals surface area contributed by atoms with Crippen molar-refractivity contribution in [2.75, 3.05) is 6.61 Å². The molecule has 4 aromatic rings. The van der Waals surface area contributed by atoms with E-state index in [1.54, 1.807) is 41.0 Å². The number of rotatable bonds is 6. The number of para-hydroxylation sites is 1. The fourth-order valence-electron chi connectivity index (χ4n) is 4.27. The lowest BCUT2D eigenvalue weighted by Gasteiger charge is -2.16. The Balaban J connectivity index is 1.72. The molecule has 1 saturated heterocycles. The third-order valence-corrected chi connectivity index (χ3v) is 6.20. The first kappa shape index (κ1) is 22.1. The highest BCUT2D eigenvalue weighted by atomic mass is 35.5. The summed E-state index contributed by atoms with van der Waals surface area (Å²) in [6, 6.07) is 13.0. The third-order valence-electron chi connectivity index (χ3n) is 5.88. The average molecular weight is 482 g/mol. The summed E-state index contributed by atoms with van der Waals surface area (Å²) in [5.41, 5.74) is 0.283. The van der Waals surface area contributed by atoms with E-state index in [0.717, 1.165) is 17.4 Å². The van der Waals surface area contributed by atoms with Gasteiger partial charge in [0.15, 0.2) is 11.2 Å². The van der Waals surface area contributed by atoms with Crippen LogP contribution in [0.25, 0.3) is 16.9 Å². The molecule has 0 amide bonds. The van der Waals surface area contributed by atoms with Crippen molar-refractivity contribution in [3.8, 4) is 5.69 Å². The number of halogens is 1. The van der Waals surface area contributed by atoms with Crippen LogP contribution in [0.2, 0.25) is 5.02 Å². The van der Waals surface area contributed by atoms with Gasteiger partial charge < -0.3 is 9.30 Å². The molecular formula is C23H20ClN5O5. The molecule has 2 aromatic heterocycles. The number of fused-ring (bicyclic) bond motifs is 1. The van der Waals surface area contributed by atoms with Crippen LogP contribution in [0.5, 0.6) is 0 Å². The topological polar surface area (TPSA) is 114 Å². The van der Waals surface area contributed by atoms with E-state index < -0.39 is 16.2 Å². The van der Waals surface area contributed by atoms with Crippen molar-refractivity contribution in [2.45, 2.75) is 32.0 Å². The molecule has 1 unspecified atom stereocenters. The minimum absolute atomic E-state index is 0.0503. The van der Waals surface area contributed by atoms with Gasteiger partial charge in [0.25, 0.3) is 11.2 Å². The molecule has 1 fully saturated rings. The molecule has 34 heavy (non-hydrogen) atoms. The molecule has 0 spiro atoms. The van der Waals surface area contributed by atoms with Crippen LogP contribution in [0.1, 0.15) is 18.4 Å². The van der Waals surface area contributed by atoms with Crippen LogP contribution in [0.3, 0.4) is 0 Å². The number of nitro benzene ring substituents is 1. The van der Waals surface area contributed by atoms with Crippen LogP contribution in [0.4, 0.5) is 5.69 Å². The molecule has 174 valence electrons. The van der Waals surface area contributed by atoms with E-state index in [-0.39, 0.29) is 36.0 Å². The molecule has 10 nitrogen and oxygen atoms in total. The van der Waals surface area contributed by atoms with E-state index in [0.29, 0.717) is 22.9 Å². The summed E-state index contributed by atoms with van der Waals surface area (Å²) in [7, 11) is 0. The maximum Gasteiger partial charge on any atom is 0.337 e. The lowest BCUT2D eigenvalue weighted by Crippen LogP contribution is -2.42. The molecule has 1 aliphatic heterocycles. The molecule has 0 N–H and O–H groups in total. The molecule has 1 atom stereocenters. The minimum atomic E-state index is -0.554. The van der Waals surface area contributed by atoms with Gasteiger partial charge in [0.2, 0.25) is 0 Å². The molecule has 1 aliphatic rings. The largest absolute Gasteiger partial charge is 0.376 e. The standard InChI is InChI=1S/C23H20ClN5O5/c24-18-8-1-2-9-19(18)28-21-20(22(30)27(23(28)31)13-17-7-4-10-34-17)26(14-25-21)12-15-5-3-6-16(11-15)29(32)33/h1-3,5-6,8-9,11,14,17H,4,7,10,12-13H2. The number of nitrogens with zero attached hydrogens (tertiary/aromatic N) is 5. The highest BCUT2D eigenvalue weighted by Crippen LogP contribution is 2.22. The van der Waals surface area contributed by atoms with Gasteiger partial charge in [-0.1, -0.05) is 35.9 Å². The van der Waals surface area contributed by atoms with Gasteiger partial charge in [-0.2, -0.15) is 0 Å². The summed E-state index contributed by atoms with van der Waals surface area (Å²) < 4.78 is 9.76. The van der Waals surface area contributed by atoms with Gasteiger partial charge >= 0.3 is 5.69 Å². The molecule has 0 bridgehead atoms. The fourth-order valence-corrected chi connectivity index (χ4v) is 4.49. The van der Waals surface area contributed by atoms with Gasteiger partial charge in [-0.3, -0.25) is 19.5 Å². The van der Waals surface area contributed by atoms with Crippen molar-refractivity contribution in [2.24, 2.45) is 0 Å². The fraction of sp³-hybridized carbons (Fsp3) is 0.261. The van der Waals surface area contributed by atoms with Crippen molar-refractivity contribution in [3.05, 3.63) is 96.4 Å². The molecule has 0 saturated carbocycles. The predicted molar refractivity (Wildman–Crippen MR) is 126 cm³/mol. The van der Waals surface area contributed by atoms with E-state index in [2.05, 4.69) is 4.98 Å². The zero-order valence-corrected chi connectivity index (χ0v) is 18.7. The summed E-state index contributed by atoms with van der Waals surface area (Å²) in [6.07, 6.45) is 2.83. The number of imidazole rings is 1. The molecule has 5 rings (SSSR count). The van der Waals surface area contributed by atoms with Gasteiger partial charge in [0.05, 0.1) is 34.6 Å². The Labute approximate surface area is 197 Å². The number of non-ortho nitro benzene ring substituents is 1. The van der Waals surface area contributed by atoms with Gasteiger partial charge in [0.1, 0.15) is 0 Å². The SMILES string of the molecule is O=c1c2c(ncn2Cc2cccc([N+](=O)[O-])c2)n(-c2ccccc2Cl)c(=O)n1CC1CCCO1.